The molecule has 25 heavy (non-hydrogen) atoms. The molecular formula is C19H20ClNO4. The Bertz CT molecular complexity index is 776. The van der Waals surface area contributed by atoms with Crippen molar-refractivity contribution >= 4 is 29.2 Å². The standard InChI is InChI=1S/C19H20ClNO4/c1-4-17(25-15-8-9-16(20)12(2)10-15)18(22)21-14-7-5-6-13(11-14)19(23)24-3/h5-11,17H,4H2,1-3H3,(H,21,22). The topological polar surface area (TPSA) is 64.6 Å². The Morgan fingerprint density at radius 2 is 1.96 bits per heavy atom. The molecule has 0 heterocycles. The molecule has 6 heteroatoms. The lowest BCUT2D eigenvalue weighted by atomic mass is 10.2. The number of rotatable bonds is 6. The molecule has 0 aliphatic rings. The number of nitrogens with one attached hydrogen (secondary N) is 1. The van der Waals surface area contributed by atoms with E-state index >= 15 is 0 Å². The number of esters is 1. The van der Waals surface area contributed by atoms with E-state index in [1.165, 1.54) is 7.11 Å². The third-order valence-corrected chi connectivity index (χ3v) is 4.05. The Kier molecular flexibility index (Phi) is 6.42. The van der Waals surface area contributed by atoms with Crippen LogP contribution in [0.15, 0.2) is 42.5 Å². The fraction of sp³-hybridized carbons (Fsp3) is 0.263. The number of halogens is 1. The van der Waals surface area contributed by atoms with Crippen molar-refractivity contribution in [2.45, 2.75) is 26.4 Å². The van der Waals surface area contributed by atoms with Gasteiger partial charge in [0.15, 0.2) is 6.10 Å². The number of aryl methyl sites for hydroxylation is 1. The number of hydrogen-bond acceptors (Lipinski definition) is 4. The summed E-state index contributed by atoms with van der Waals surface area (Å²) in [5.74, 6) is -0.180. The molecule has 1 amide bonds. The molecule has 2 rings (SSSR count). The molecule has 2 aromatic rings. The lowest BCUT2D eigenvalue weighted by molar-refractivity contribution is -0.122. The summed E-state index contributed by atoms with van der Waals surface area (Å²) in [6, 6.07) is 11.8. The molecule has 1 N–H and O–H groups in total. The number of hydrogen-bond donors (Lipinski definition) is 1. The van der Waals surface area contributed by atoms with Gasteiger partial charge in [-0.2, -0.15) is 0 Å². The summed E-state index contributed by atoms with van der Waals surface area (Å²) in [6.45, 7) is 3.73. The van der Waals surface area contributed by atoms with E-state index in [2.05, 4.69) is 10.1 Å². The molecule has 1 atom stereocenters. The zero-order chi connectivity index (χ0) is 18.4. The van der Waals surface area contributed by atoms with Gasteiger partial charge in [0.05, 0.1) is 12.7 Å². The number of methoxy groups -OCH3 is 1. The highest BCUT2D eigenvalue weighted by molar-refractivity contribution is 6.31. The van der Waals surface area contributed by atoms with Crippen molar-refractivity contribution in [3.63, 3.8) is 0 Å². The van der Waals surface area contributed by atoms with Crippen molar-refractivity contribution in [2.75, 3.05) is 12.4 Å². The van der Waals surface area contributed by atoms with Crippen LogP contribution in [0.25, 0.3) is 0 Å². The maximum Gasteiger partial charge on any atom is 0.337 e. The van der Waals surface area contributed by atoms with Crippen LogP contribution < -0.4 is 10.1 Å². The first-order valence-corrected chi connectivity index (χ1v) is 8.24. The van der Waals surface area contributed by atoms with Crippen molar-refractivity contribution in [1.82, 2.24) is 0 Å². The molecule has 2 aromatic carbocycles. The van der Waals surface area contributed by atoms with Gasteiger partial charge in [0.2, 0.25) is 0 Å². The number of benzene rings is 2. The van der Waals surface area contributed by atoms with E-state index in [4.69, 9.17) is 16.3 Å². The summed E-state index contributed by atoms with van der Waals surface area (Å²) in [4.78, 5) is 24.0. The normalized spacial score (nSPS) is 11.5. The predicted octanol–water partition coefficient (Wildman–Crippen LogP) is 4.23. The first-order chi connectivity index (χ1) is 11.9. The van der Waals surface area contributed by atoms with Gasteiger partial charge in [-0.25, -0.2) is 4.79 Å². The Hall–Kier alpha value is -2.53. The maximum absolute atomic E-state index is 12.5. The minimum atomic E-state index is -0.664. The highest BCUT2D eigenvalue weighted by Crippen LogP contribution is 2.23. The summed E-state index contributed by atoms with van der Waals surface area (Å²) >= 11 is 6.00. The number of ether oxygens (including phenoxy) is 2. The quantitative estimate of drug-likeness (QED) is 0.782. The smallest absolute Gasteiger partial charge is 0.337 e. The summed E-state index contributed by atoms with van der Waals surface area (Å²) in [6.07, 6.45) is -0.174. The zero-order valence-corrected chi connectivity index (χ0v) is 15.1. The molecule has 5 nitrogen and oxygen atoms in total. The van der Waals surface area contributed by atoms with Crippen molar-refractivity contribution in [2.24, 2.45) is 0 Å². The Morgan fingerprint density at radius 3 is 2.60 bits per heavy atom. The molecular weight excluding hydrogens is 342 g/mol. The molecule has 132 valence electrons. The van der Waals surface area contributed by atoms with Crippen LogP contribution in [0.2, 0.25) is 5.02 Å². The van der Waals surface area contributed by atoms with Crippen LogP contribution in [-0.2, 0) is 9.53 Å². The fourth-order valence-electron chi connectivity index (χ4n) is 2.24. The van der Waals surface area contributed by atoms with Crippen LogP contribution >= 0.6 is 11.6 Å². The van der Waals surface area contributed by atoms with Gasteiger partial charge in [-0.15, -0.1) is 0 Å². The lowest BCUT2D eigenvalue weighted by Gasteiger charge is -2.18. The van der Waals surface area contributed by atoms with Crippen LogP contribution in [0.4, 0.5) is 5.69 Å². The van der Waals surface area contributed by atoms with Gasteiger partial charge in [-0.1, -0.05) is 24.6 Å². The minimum absolute atomic E-state index is 0.294. The van der Waals surface area contributed by atoms with Gasteiger partial charge in [0.25, 0.3) is 5.91 Å². The maximum atomic E-state index is 12.5. The summed E-state index contributed by atoms with van der Waals surface area (Å²) in [7, 11) is 1.31. The summed E-state index contributed by atoms with van der Waals surface area (Å²) < 4.78 is 10.4. The van der Waals surface area contributed by atoms with E-state index in [1.807, 2.05) is 13.8 Å². The van der Waals surface area contributed by atoms with Crippen molar-refractivity contribution in [3.8, 4) is 5.75 Å². The van der Waals surface area contributed by atoms with E-state index in [0.29, 0.717) is 28.4 Å². The van der Waals surface area contributed by atoms with Crippen LogP contribution in [0.3, 0.4) is 0 Å². The van der Waals surface area contributed by atoms with Crippen LogP contribution in [-0.4, -0.2) is 25.1 Å². The molecule has 0 aromatic heterocycles. The molecule has 0 spiro atoms. The largest absolute Gasteiger partial charge is 0.481 e. The number of amides is 1. The van der Waals surface area contributed by atoms with E-state index in [1.54, 1.807) is 42.5 Å². The third-order valence-electron chi connectivity index (χ3n) is 3.62. The van der Waals surface area contributed by atoms with E-state index < -0.39 is 12.1 Å². The first-order valence-electron chi connectivity index (χ1n) is 7.86. The highest BCUT2D eigenvalue weighted by atomic mass is 35.5. The van der Waals surface area contributed by atoms with E-state index in [9.17, 15) is 9.59 Å². The van der Waals surface area contributed by atoms with Crippen molar-refractivity contribution < 1.29 is 19.1 Å². The number of anilines is 1. The van der Waals surface area contributed by atoms with Gasteiger partial charge in [-0.3, -0.25) is 4.79 Å². The van der Waals surface area contributed by atoms with Crippen LogP contribution in [0, 0.1) is 6.92 Å². The zero-order valence-electron chi connectivity index (χ0n) is 14.3. The van der Waals surface area contributed by atoms with Crippen LogP contribution in [0.5, 0.6) is 5.75 Å². The van der Waals surface area contributed by atoms with Gasteiger partial charge in [0.1, 0.15) is 5.75 Å². The third kappa shape index (κ3) is 4.97. The summed E-state index contributed by atoms with van der Waals surface area (Å²) in [5.41, 5.74) is 1.74. The Morgan fingerprint density at radius 1 is 1.20 bits per heavy atom. The van der Waals surface area contributed by atoms with Crippen LogP contribution in [0.1, 0.15) is 29.3 Å². The van der Waals surface area contributed by atoms with Gasteiger partial charge < -0.3 is 14.8 Å². The van der Waals surface area contributed by atoms with Gasteiger partial charge in [-0.05, 0) is 55.3 Å². The molecule has 0 bridgehead atoms. The molecule has 0 saturated heterocycles. The predicted molar refractivity (Wildman–Crippen MR) is 97.3 cm³/mol. The average molecular weight is 362 g/mol. The van der Waals surface area contributed by atoms with Gasteiger partial charge >= 0.3 is 5.97 Å². The first kappa shape index (κ1) is 18.8. The number of carbonyl (C=O) groups is 2. The number of carbonyl (C=O) groups excluding carboxylic acids is 2. The second-order valence-electron chi connectivity index (χ2n) is 5.49. The Balaban J connectivity index is 2.09. The SMILES string of the molecule is CCC(Oc1ccc(Cl)c(C)c1)C(=O)Nc1cccc(C(=O)OC)c1. The lowest BCUT2D eigenvalue weighted by Crippen LogP contribution is -2.32. The highest BCUT2D eigenvalue weighted by Gasteiger charge is 2.19. The summed E-state index contributed by atoms with van der Waals surface area (Å²) in [5, 5.41) is 3.40. The molecule has 0 fully saturated rings. The monoisotopic (exact) mass is 361 g/mol. The second-order valence-corrected chi connectivity index (χ2v) is 5.89. The average Bonchev–Trinajstić information content (AvgIpc) is 2.62. The minimum Gasteiger partial charge on any atom is -0.481 e. The second kappa shape index (κ2) is 8.53. The van der Waals surface area contributed by atoms with E-state index in [0.717, 1.165) is 5.56 Å². The fourth-order valence-corrected chi connectivity index (χ4v) is 2.36. The van der Waals surface area contributed by atoms with Crippen molar-refractivity contribution in [1.29, 1.82) is 0 Å². The molecule has 1 unspecified atom stereocenters. The molecule has 0 aliphatic carbocycles. The van der Waals surface area contributed by atoms with E-state index in [-0.39, 0.29) is 5.91 Å². The Labute approximate surface area is 151 Å². The molecule has 0 saturated carbocycles. The van der Waals surface area contributed by atoms with Crippen molar-refractivity contribution in [3.05, 3.63) is 58.6 Å². The molecule has 0 aliphatic heterocycles. The molecule has 0 radical (unpaired) electrons. The van der Waals surface area contributed by atoms with Gasteiger partial charge in [0, 0.05) is 10.7 Å².